The van der Waals surface area contributed by atoms with E-state index in [-0.39, 0.29) is 16.8 Å². The third-order valence-corrected chi connectivity index (χ3v) is 2.32. The molecule has 0 bridgehead atoms. The molecule has 0 saturated heterocycles. The average molecular weight is 238 g/mol. The molecule has 6 heteroatoms. The van der Waals surface area contributed by atoms with Crippen LogP contribution in [0.5, 0.6) is 0 Å². The molecule has 0 aliphatic carbocycles. The number of aromatic nitrogens is 2. The number of rotatable bonds is 4. The Balaban J connectivity index is 2.74. The van der Waals surface area contributed by atoms with Crippen molar-refractivity contribution < 1.29 is 4.79 Å². The third-order valence-electron chi connectivity index (χ3n) is 2.07. The van der Waals surface area contributed by atoms with Crippen LogP contribution < -0.4 is 11.1 Å². The lowest BCUT2D eigenvalue weighted by atomic mass is 9.95. The van der Waals surface area contributed by atoms with Crippen molar-refractivity contribution in [3.8, 4) is 0 Å². The molecule has 0 aromatic carbocycles. The molecule has 1 unspecified atom stereocenters. The summed E-state index contributed by atoms with van der Waals surface area (Å²) in [4.78, 5) is 19.8. The fourth-order valence-electron chi connectivity index (χ4n) is 1.33. The van der Waals surface area contributed by atoms with Crippen molar-refractivity contribution in [2.24, 2.45) is 17.6 Å². The molecular formula is C10H14N4OS. The number of anilines is 1. The zero-order chi connectivity index (χ0) is 12.1. The van der Waals surface area contributed by atoms with Crippen molar-refractivity contribution in [3.63, 3.8) is 0 Å². The summed E-state index contributed by atoms with van der Waals surface area (Å²) in [5.41, 5.74) is 5.53. The number of carbonyl (C=O) groups excluding carboxylic acids is 1. The molecule has 0 aliphatic heterocycles. The molecule has 1 heterocycles. The van der Waals surface area contributed by atoms with Crippen molar-refractivity contribution in [2.45, 2.75) is 13.8 Å². The standard InChI is InChI=1S/C10H14N4OS/c1-6(2)8(9(11)16)10(15)14-7-5-12-3-4-13-7/h3-6,8H,1-2H3,(H2,11,16)(H,13,14,15). The van der Waals surface area contributed by atoms with Gasteiger partial charge < -0.3 is 11.1 Å². The zero-order valence-corrected chi connectivity index (χ0v) is 9.99. The van der Waals surface area contributed by atoms with Crippen LogP contribution in [0.4, 0.5) is 5.82 Å². The summed E-state index contributed by atoms with van der Waals surface area (Å²) in [5, 5.41) is 2.62. The maximum atomic E-state index is 11.8. The Hall–Kier alpha value is -1.56. The molecule has 3 N–H and O–H groups in total. The minimum absolute atomic E-state index is 0.0502. The molecule has 1 amide bonds. The van der Waals surface area contributed by atoms with Gasteiger partial charge in [0.2, 0.25) is 5.91 Å². The summed E-state index contributed by atoms with van der Waals surface area (Å²) in [5.74, 6) is -0.288. The molecule has 1 aromatic heterocycles. The molecule has 86 valence electrons. The van der Waals surface area contributed by atoms with Crippen LogP contribution in [-0.4, -0.2) is 20.9 Å². The number of carbonyl (C=O) groups is 1. The molecule has 1 aromatic rings. The number of nitrogens with one attached hydrogen (secondary N) is 1. The lowest BCUT2D eigenvalue weighted by Crippen LogP contribution is -2.36. The number of thiocarbonyl (C=S) groups is 1. The van der Waals surface area contributed by atoms with E-state index in [1.54, 1.807) is 0 Å². The van der Waals surface area contributed by atoms with E-state index in [0.29, 0.717) is 5.82 Å². The predicted octanol–water partition coefficient (Wildman–Crippen LogP) is 0.973. The van der Waals surface area contributed by atoms with Crippen LogP contribution in [0.15, 0.2) is 18.6 Å². The molecule has 0 radical (unpaired) electrons. The van der Waals surface area contributed by atoms with Gasteiger partial charge in [0.05, 0.1) is 17.1 Å². The van der Waals surface area contributed by atoms with Gasteiger partial charge in [-0.05, 0) is 5.92 Å². The lowest BCUT2D eigenvalue weighted by molar-refractivity contribution is -0.118. The number of amides is 1. The van der Waals surface area contributed by atoms with Crippen molar-refractivity contribution in [1.82, 2.24) is 9.97 Å². The fourth-order valence-corrected chi connectivity index (χ4v) is 1.71. The van der Waals surface area contributed by atoms with E-state index in [1.807, 2.05) is 13.8 Å². The largest absolute Gasteiger partial charge is 0.393 e. The summed E-state index contributed by atoms with van der Waals surface area (Å²) in [7, 11) is 0. The molecule has 0 spiro atoms. The van der Waals surface area contributed by atoms with E-state index in [4.69, 9.17) is 18.0 Å². The molecule has 1 atom stereocenters. The first kappa shape index (κ1) is 12.5. The summed E-state index contributed by atoms with van der Waals surface area (Å²) in [6, 6.07) is 0. The van der Waals surface area contributed by atoms with Gasteiger partial charge in [0.15, 0.2) is 5.82 Å². The van der Waals surface area contributed by atoms with Gasteiger partial charge in [-0.2, -0.15) is 0 Å². The van der Waals surface area contributed by atoms with Crippen LogP contribution in [0.1, 0.15) is 13.8 Å². The summed E-state index contributed by atoms with van der Waals surface area (Å²) in [6.45, 7) is 3.78. The van der Waals surface area contributed by atoms with E-state index in [9.17, 15) is 4.79 Å². The Bertz CT molecular complexity index is 380. The minimum atomic E-state index is -0.489. The van der Waals surface area contributed by atoms with Crippen LogP contribution >= 0.6 is 12.2 Å². The highest BCUT2D eigenvalue weighted by Crippen LogP contribution is 2.13. The highest BCUT2D eigenvalue weighted by molar-refractivity contribution is 7.80. The van der Waals surface area contributed by atoms with Crippen LogP contribution in [0.2, 0.25) is 0 Å². The quantitative estimate of drug-likeness (QED) is 0.764. The van der Waals surface area contributed by atoms with E-state index in [1.165, 1.54) is 18.6 Å². The molecule has 0 saturated carbocycles. The van der Waals surface area contributed by atoms with Gasteiger partial charge in [-0.1, -0.05) is 26.1 Å². The van der Waals surface area contributed by atoms with Gasteiger partial charge in [0.25, 0.3) is 0 Å². The SMILES string of the molecule is CC(C)C(C(=O)Nc1cnccn1)C(N)=S. The average Bonchev–Trinajstić information content (AvgIpc) is 2.17. The van der Waals surface area contributed by atoms with Crippen molar-refractivity contribution in [2.75, 3.05) is 5.32 Å². The van der Waals surface area contributed by atoms with E-state index < -0.39 is 5.92 Å². The van der Waals surface area contributed by atoms with Crippen molar-refractivity contribution in [3.05, 3.63) is 18.6 Å². The second-order valence-electron chi connectivity index (χ2n) is 3.70. The van der Waals surface area contributed by atoms with Gasteiger partial charge in [-0.3, -0.25) is 9.78 Å². The summed E-state index contributed by atoms with van der Waals surface area (Å²) in [6.07, 6.45) is 4.50. The normalized spacial score (nSPS) is 12.2. The van der Waals surface area contributed by atoms with Crippen LogP contribution in [0, 0.1) is 11.8 Å². The molecule has 0 aliphatic rings. The first-order chi connectivity index (χ1) is 7.52. The van der Waals surface area contributed by atoms with E-state index in [0.717, 1.165) is 0 Å². The van der Waals surface area contributed by atoms with E-state index >= 15 is 0 Å². The molecule has 1 rings (SSSR count). The lowest BCUT2D eigenvalue weighted by Gasteiger charge is -2.18. The Morgan fingerprint density at radius 1 is 1.50 bits per heavy atom. The molecule has 0 fully saturated rings. The number of hydrogen-bond donors (Lipinski definition) is 2. The van der Waals surface area contributed by atoms with Gasteiger partial charge in [-0.25, -0.2) is 4.98 Å². The second-order valence-corrected chi connectivity index (χ2v) is 4.18. The predicted molar refractivity (Wildman–Crippen MR) is 65.8 cm³/mol. The van der Waals surface area contributed by atoms with Gasteiger partial charge >= 0.3 is 0 Å². The number of nitrogens with zero attached hydrogens (tertiary/aromatic N) is 2. The zero-order valence-electron chi connectivity index (χ0n) is 9.18. The topological polar surface area (TPSA) is 80.9 Å². The minimum Gasteiger partial charge on any atom is -0.393 e. The first-order valence-corrected chi connectivity index (χ1v) is 5.29. The Kier molecular flexibility index (Phi) is 4.30. The van der Waals surface area contributed by atoms with Gasteiger partial charge in [0, 0.05) is 12.4 Å². The van der Waals surface area contributed by atoms with Crippen molar-refractivity contribution >= 4 is 28.9 Å². The van der Waals surface area contributed by atoms with Crippen LogP contribution in [0.3, 0.4) is 0 Å². The Labute approximate surface area is 99.5 Å². The van der Waals surface area contributed by atoms with Gasteiger partial charge in [-0.15, -0.1) is 0 Å². The number of nitrogens with two attached hydrogens (primary N) is 1. The second kappa shape index (κ2) is 5.50. The van der Waals surface area contributed by atoms with Crippen LogP contribution in [0.25, 0.3) is 0 Å². The number of hydrogen-bond acceptors (Lipinski definition) is 4. The summed E-state index contributed by atoms with van der Waals surface area (Å²) >= 11 is 4.87. The highest BCUT2D eigenvalue weighted by Gasteiger charge is 2.25. The fraction of sp³-hybridized carbons (Fsp3) is 0.400. The monoisotopic (exact) mass is 238 g/mol. The Morgan fingerprint density at radius 3 is 2.62 bits per heavy atom. The molecule has 16 heavy (non-hydrogen) atoms. The van der Waals surface area contributed by atoms with Crippen molar-refractivity contribution in [1.29, 1.82) is 0 Å². The third kappa shape index (κ3) is 3.23. The molecular weight excluding hydrogens is 224 g/mol. The molecule has 5 nitrogen and oxygen atoms in total. The van der Waals surface area contributed by atoms with E-state index in [2.05, 4.69) is 15.3 Å². The smallest absolute Gasteiger partial charge is 0.235 e. The van der Waals surface area contributed by atoms with Crippen LogP contribution in [-0.2, 0) is 4.79 Å². The maximum Gasteiger partial charge on any atom is 0.235 e. The summed E-state index contributed by atoms with van der Waals surface area (Å²) < 4.78 is 0. The van der Waals surface area contributed by atoms with Gasteiger partial charge in [0.1, 0.15) is 0 Å². The highest BCUT2D eigenvalue weighted by atomic mass is 32.1. The Morgan fingerprint density at radius 2 is 2.19 bits per heavy atom. The first-order valence-electron chi connectivity index (χ1n) is 4.88. The maximum absolute atomic E-state index is 11.8.